The van der Waals surface area contributed by atoms with Gasteiger partial charge in [0.2, 0.25) is 0 Å². The first-order valence-corrected chi connectivity index (χ1v) is 9.92. The standard InChI is InChI=1S/C20H25N5O2S/c26-25(27)18-7-11-21-19(14-18)23-20(28)22-10-6-16-8-12-24(13-9-16)15-17-4-2-1-3-5-17/h1-5,7,11,14,16H,6,8-10,12-13,15H2,(H2,21,22,23,28). The highest BCUT2D eigenvalue weighted by atomic mass is 32.1. The molecule has 1 aromatic heterocycles. The van der Waals surface area contributed by atoms with Crippen molar-refractivity contribution in [3.63, 3.8) is 0 Å². The molecule has 1 saturated heterocycles. The number of nitrogens with zero attached hydrogens (tertiary/aromatic N) is 3. The van der Waals surface area contributed by atoms with Crippen molar-refractivity contribution in [1.82, 2.24) is 15.2 Å². The Kier molecular flexibility index (Phi) is 7.27. The zero-order valence-corrected chi connectivity index (χ0v) is 16.5. The van der Waals surface area contributed by atoms with Crippen LogP contribution in [-0.4, -0.2) is 39.6 Å². The normalized spacial score (nSPS) is 15.1. The molecule has 1 aliphatic heterocycles. The molecule has 0 amide bonds. The molecule has 0 bridgehead atoms. The molecule has 0 spiro atoms. The van der Waals surface area contributed by atoms with E-state index in [9.17, 15) is 10.1 Å². The van der Waals surface area contributed by atoms with Gasteiger partial charge in [0.25, 0.3) is 5.69 Å². The number of thiocarbonyl (C=S) groups is 1. The Hall–Kier alpha value is -2.58. The van der Waals surface area contributed by atoms with Crippen LogP contribution in [0.4, 0.5) is 11.5 Å². The molecule has 1 aliphatic rings. The van der Waals surface area contributed by atoms with Gasteiger partial charge in [0, 0.05) is 25.4 Å². The first-order chi connectivity index (χ1) is 13.6. The van der Waals surface area contributed by atoms with E-state index in [0.717, 1.165) is 32.6 Å². The Balaban J connectivity index is 1.34. The molecular formula is C20H25N5O2S. The van der Waals surface area contributed by atoms with E-state index in [1.54, 1.807) is 0 Å². The average molecular weight is 400 g/mol. The summed E-state index contributed by atoms with van der Waals surface area (Å²) in [4.78, 5) is 16.9. The minimum absolute atomic E-state index is 0.0115. The molecule has 1 fully saturated rings. The van der Waals surface area contributed by atoms with Crippen LogP contribution >= 0.6 is 12.2 Å². The van der Waals surface area contributed by atoms with Crippen LogP contribution in [0.15, 0.2) is 48.7 Å². The molecular weight excluding hydrogens is 374 g/mol. The predicted octanol–water partition coefficient (Wildman–Crippen LogP) is 3.58. The van der Waals surface area contributed by atoms with E-state index in [1.165, 1.54) is 36.7 Å². The molecule has 148 valence electrons. The minimum atomic E-state index is -0.451. The quantitative estimate of drug-likeness (QED) is 0.418. The number of nitrogens with one attached hydrogen (secondary N) is 2. The molecule has 2 heterocycles. The van der Waals surface area contributed by atoms with E-state index >= 15 is 0 Å². The Labute approximate surface area is 170 Å². The van der Waals surface area contributed by atoms with Gasteiger partial charge in [0.1, 0.15) is 5.82 Å². The molecule has 0 unspecified atom stereocenters. The largest absolute Gasteiger partial charge is 0.362 e. The summed E-state index contributed by atoms with van der Waals surface area (Å²) >= 11 is 5.26. The second-order valence-electron chi connectivity index (χ2n) is 7.03. The third kappa shape index (κ3) is 6.24. The molecule has 7 nitrogen and oxygen atoms in total. The second-order valence-corrected chi connectivity index (χ2v) is 7.44. The summed E-state index contributed by atoms with van der Waals surface area (Å²) in [7, 11) is 0. The van der Waals surface area contributed by atoms with Gasteiger partial charge in [-0.3, -0.25) is 15.0 Å². The summed E-state index contributed by atoms with van der Waals surface area (Å²) in [6, 6.07) is 13.3. The van der Waals surface area contributed by atoms with Gasteiger partial charge in [0.15, 0.2) is 5.11 Å². The average Bonchev–Trinajstić information content (AvgIpc) is 2.70. The molecule has 0 aliphatic carbocycles. The molecule has 3 rings (SSSR count). The number of aromatic nitrogens is 1. The van der Waals surface area contributed by atoms with Crippen LogP contribution in [0.1, 0.15) is 24.8 Å². The summed E-state index contributed by atoms with van der Waals surface area (Å²) in [5.74, 6) is 1.07. The van der Waals surface area contributed by atoms with E-state index in [4.69, 9.17) is 12.2 Å². The number of pyridine rings is 1. The highest BCUT2D eigenvalue weighted by Gasteiger charge is 2.19. The Morgan fingerprint density at radius 1 is 1.25 bits per heavy atom. The van der Waals surface area contributed by atoms with Crippen LogP contribution in [0.2, 0.25) is 0 Å². The lowest BCUT2D eigenvalue weighted by Gasteiger charge is -2.32. The van der Waals surface area contributed by atoms with Gasteiger partial charge in [0.05, 0.1) is 11.0 Å². The summed E-state index contributed by atoms with van der Waals surface area (Å²) in [5, 5.41) is 17.3. The van der Waals surface area contributed by atoms with Gasteiger partial charge in [-0.1, -0.05) is 30.3 Å². The number of hydrogen-bond acceptors (Lipinski definition) is 5. The van der Waals surface area contributed by atoms with Crippen molar-refractivity contribution in [2.24, 2.45) is 5.92 Å². The number of benzene rings is 1. The molecule has 8 heteroatoms. The zero-order valence-electron chi connectivity index (χ0n) is 15.7. The van der Waals surface area contributed by atoms with Gasteiger partial charge in [-0.15, -0.1) is 0 Å². The maximum atomic E-state index is 10.8. The lowest BCUT2D eigenvalue weighted by atomic mass is 9.93. The third-order valence-corrected chi connectivity index (χ3v) is 5.24. The van der Waals surface area contributed by atoms with Crippen molar-refractivity contribution in [3.05, 3.63) is 64.3 Å². The van der Waals surface area contributed by atoms with E-state index in [1.807, 2.05) is 0 Å². The van der Waals surface area contributed by atoms with Crippen molar-refractivity contribution in [3.8, 4) is 0 Å². The third-order valence-electron chi connectivity index (χ3n) is 4.99. The number of anilines is 1. The van der Waals surface area contributed by atoms with Gasteiger partial charge in [-0.25, -0.2) is 4.98 Å². The monoisotopic (exact) mass is 399 g/mol. The number of nitro groups is 1. The SMILES string of the molecule is O=[N+]([O-])c1ccnc(NC(=S)NCCC2CCN(Cc3ccccc3)CC2)c1. The predicted molar refractivity (Wildman–Crippen MR) is 114 cm³/mol. The van der Waals surface area contributed by atoms with Crippen molar-refractivity contribution in [2.45, 2.75) is 25.8 Å². The summed E-state index contributed by atoms with van der Waals surface area (Å²) in [6.07, 6.45) is 4.85. The first-order valence-electron chi connectivity index (χ1n) is 9.52. The second kappa shape index (κ2) is 10.1. The molecule has 0 radical (unpaired) electrons. The summed E-state index contributed by atoms with van der Waals surface area (Å²) in [5.41, 5.74) is 1.36. The topological polar surface area (TPSA) is 83.3 Å². The highest BCUT2D eigenvalue weighted by molar-refractivity contribution is 7.80. The van der Waals surface area contributed by atoms with Crippen molar-refractivity contribution < 1.29 is 4.92 Å². The van der Waals surface area contributed by atoms with E-state index < -0.39 is 4.92 Å². The first kappa shape index (κ1) is 20.2. The summed E-state index contributed by atoms with van der Waals surface area (Å²) < 4.78 is 0. The van der Waals surface area contributed by atoms with Gasteiger partial charge in [-0.2, -0.15) is 0 Å². The van der Waals surface area contributed by atoms with E-state index in [-0.39, 0.29) is 5.69 Å². The van der Waals surface area contributed by atoms with Crippen molar-refractivity contribution in [2.75, 3.05) is 25.0 Å². The van der Waals surface area contributed by atoms with Crippen LogP contribution in [0, 0.1) is 16.0 Å². The molecule has 0 atom stereocenters. The smallest absolute Gasteiger partial charge is 0.274 e. The van der Waals surface area contributed by atoms with Gasteiger partial charge in [-0.05, 0) is 56.1 Å². The number of likely N-dealkylation sites (tertiary alicyclic amines) is 1. The zero-order chi connectivity index (χ0) is 19.8. The van der Waals surface area contributed by atoms with Crippen molar-refractivity contribution in [1.29, 1.82) is 0 Å². The number of hydrogen-bond donors (Lipinski definition) is 2. The Bertz CT molecular complexity index is 794. The Morgan fingerprint density at radius 2 is 2.00 bits per heavy atom. The molecule has 0 saturated carbocycles. The van der Waals surface area contributed by atoms with Crippen LogP contribution in [0.5, 0.6) is 0 Å². The maximum absolute atomic E-state index is 10.8. The minimum Gasteiger partial charge on any atom is -0.362 e. The molecule has 28 heavy (non-hydrogen) atoms. The lowest BCUT2D eigenvalue weighted by molar-refractivity contribution is -0.384. The number of piperidine rings is 1. The fraction of sp³-hybridized carbons (Fsp3) is 0.400. The lowest BCUT2D eigenvalue weighted by Crippen LogP contribution is -2.35. The molecule has 2 N–H and O–H groups in total. The molecule has 2 aromatic rings. The molecule has 1 aromatic carbocycles. The van der Waals surface area contributed by atoms with E-state index in [0.29, 0.717) is 16.8 Å². The van der Waals surface area contributed by atoms with Crippen LogP contribution in [-0.2, 0) is 6.54 Å². The van der Waals surface area contributed by atoms with Crippen LogP contribution in [0.3, 0.4) is 0 Å². The fourth-order valence-electron chi connectivity index (χ4n) is 3.43. The van der Waals surface area contributed by atoms with Crippen LogP contribution < -0.4 is 10.6 Å². The number of rotatable bonds is 7. The van der Waals surface area contributed by atoms with Gasteiger partial charge < -0.3 is 10.6 Å². The Morgan fingerprint density at radius 3 is 2.71 bits per heavy atom. The van der Waals surface area contributed by atoms with Crippen molar-refractivity contribution >= 4 is 28.8 Å². The maximum Gasteiger partial charge on any atom is 0.274 e. The van der Waals surface area contributed by atoms with Crippen LogP contribution in [0.25, 0.3) is 0 Å². The highest BCUT2D eigenvalue weighted by Crippen LogP contribution is 2.21. The summed E-state index contributed by atoms with van der Waals surface area (Å²) in [6.45, 7) is 4.06. The van der Waals surface area contributed by atoms with Gasteiger partial charge >= 0.3 is 0 Å². The fourth-order valence-corrected chi connectivity index (χ4v) is 3.63. The van der Waals surface area contributed by atoms with E-state index in [2.05, 4.69) is 50.8 Å².